The maximum absolute atomic E-state index is 13.6. The molecule has 4 rings (SSSR count). The summed E-state index contributed by atoms with van der Waals surface area (Å²) in [6, 6.07) is 8.99. The molecule has 3 heterocycles. The molecule has 0 spiro atoms. The molecule has 0 saturated carbocycles. The zero-order chi connectivity index (χ0) is 24.5. The van der Waals surface area contributed by atoms with Crippen LogP contribution in [0.5, 0.6) is 0 Å². The summed E-state index contributed by atoms with van der Waals surface area (Å²) in [4.78, 5) is 32.7. The Balaban J connectivity index is 1.53. The van der Waals surface area contributed by atoms with Gasteiger partial charge in [0.05, 0.1) is 0 Å². The molecule has 1 fully saturated rings. The van der Waals surface area contributed by atoms with Crippen molar-refractivity contribution in [2.24, 2.45) is 5.92 Å². The number of rotatable bonds is 5. The molecule has 2 aromatic heterocycles. The molecule has 1 unspecified atom stereocenters. The molecule has 0 aliphatic carbocycles. The summed E-state index contributed by atoms with van der Waals surface area (Å²) >= 11 is 0. The molecule has 3 aromatic rings. The number of halogens is 3. The molecule has 11 heteroatoms. The number of piperidine rings is 1. The summed E-state index contributed by atoms with van der Waals surface area (Å²) in [6.07, 6.45) is -1.70. The minimum Gasteiger partial charge on any atom is -0.477 e. The van der Waals surface area contributed by atoms with Gasteiger partial charge in [-0.3, -0.25) is 4.79 Å². The second-order valence-electron chi connectivity index (χ2n) is 8.13. The van der Waals surface area contributed by atoms with Crippen LogP contribution in [0.3, 0.4) is 0 Å². The van der Waals surface area contributed by atoms with Crippen molar-refractivity contribution in [1.29, 1.82) is 0 Å². The minimum atomic E-state index is -4.85. The predicted octanol–water partition coefficient (Wildman–Crippen LogP) is 4.94. The Labute approximate surface area is 192 Å². The van der Waals surface area contributed by atoms with Gasteiger partial charge in [0, 0.05) is 30.5 Å². The van der Waals surface area contributed by atoms with E-state index in [0.29, 0.717) is 24.2 Å². The highest BCUT2D eigenvalue weighted by molar-refractivity contribution is 6.03. The van der Waals surface area contributed by atoms with Crippen LogP contribution in [0.1, 0.15) is 46.5 Å². The Bertz CT molecular complexity index is 1190. The molecule has 8 nitrogen and oxygen atoms in total. The summed E-state index contributed by atoms with van der Waals surface area (Å²) in [5.41, 5.74) is 0.108. The number of carboxylic acids is 1. The van der Waals surface area contributed by atoms with Crippen LogP contribution in [0.15, 0.2) is 47.0 Å². The lowest BCUT2D eigenvalue weighted by molar-refractivity contribution is -0.141. The van der Waals surface area contributed by atoms with Gasteiger partial charge < -0.3 is 19.7 Å². The average Bonchev–Trinajstić information content (AvgIpc) is 3.26. The topological polar surface area (TPSA) is 109 Å². The maximum atomic E-state index is 13.6. The van der Waals surface area contributed by atoms with E-state index in [1.807, 2.05) is 6.92 Å². The quantitative estimate of drug-likeness (QED) is 0.539. The summed E-state index contributed by atoms with van der Waals surface area (Å²) in [5, 5.41) is 11.3. The molecular formula is C23H21F3N4O4. The van der Waals surface area contributed by atoms with Crippen LogP contribution in [-0.4, -0.2) is 40.0 Å². The summed E-state index contributed by atoms with van der Waals surface area (Å²) in [7, 11) is 0. The van der Waals surface area contributed by atoms with E-state index in [0.717, 1.165) is 12.8 Å². The molecule has 178 valence electrons. The number of amides is 1. The number of carboxylic acid groups (broad SMARTS) is 1. The number of carbonyl (C=O) groups is 2. The zero-order valence-corrected chi connectivity index (χ0v) is 18.1. The van der Waals surface area contributed by atoms with E-state index in [9.17, 15) is 22.8 Å². The third-order valence-corrected chi connectivity index (χ3v) is 5.48. The Morgan fingerprint density at radius 1 is 1.15 bits per heavy atom. The van der Waals surface area contributed by atoms with Crippen molar-refractivity contribution in [2.75, 3.05) is 23.3 Å². The van der Waals surface area contributed by atoms with E-state index < -0.39 is 29.5 Å². The number of nitrogens with one attached hydrogen (secondary N) is 1. The van der Waals surface area contributed by atoms with Crippen molar-refractivity contribution in [2.45, 2.75) is 25.9 Å². The summed E-state index contributed by atoms with van der Waals surface area (Å²) in [6.45, 7) is 3.00. The molecule has 1 saturated heterocycles. The third-order valence-electron chi connectivity index (χ3n) is 5.48. The normalized spacial score (nSPS) is 16.4. The second kappa shape index (κ2) is 9.16. The van der Waals surface area contributed by atoms with Gasteiger partial charge in [0.2, 0.25) is 5.76 Å². The van der Waals surface area contributed by atoms with Gasteiger partial charge >= 0.3 is 12.1 Å². The van der Waals surface area contributed by atoms with Gasteiger partial charge in [-0.05, 0) is 42.5 Å². The van der Waals surface area contributed by atoms with Crippen LogP contribution in [0, 0.1) is 5.92 Å². The van der Waals surface area contributed by atoms with E-state index in [-0.39, 0.29) is 23.3 Å². The molecule has 2 N–H and O–H groups in total. The highest BCUT2D eigenvalue weighted by Gasteiger charge is 2.42. The lowest BCUT2D eigenvalue weighted by Crippen LogP contribution is -2.34. The van der Waals surface area contributed by atoms with Crippen LogP contribution in [-0.2, 0) is 6.18 Å². The highest BCUT2D eigenvalue weighted by Crippen LogP contribution is 2.35. The average molecular weight is 474 g/mol. The Morgan fingerprint density at radius 2 is 1.85 bits per heavy atom. The van der Waals surface area contributed by atoms with Gasteiger partial charge in [-0.1, -0.05) is 25.1 Å². The van der Waals surface area contributed by atoms with Crippen LogP contribution < -0.4 is 10.2 Å². The maximum Gasteiger partial charge on any atom is 0.437 e. The second-order valence-corrected chi connectivity index (χ2v) is 8.13. The van der Waals surface area contributed by atoms with Gasteiger partial charge in [-0.2, -0.15) is 18.2 Å². The molecule has 1 aromatic carbocycles. The number of aromatic carboxylic acids is 1. The van der Waals surface area contributed by atoms with Crippen molar-refractivity contribution in [3.8, 4) is 11.1 Å². The van der Waals surface area contributed by atoms with E-state index >= 15 is 0 Å². The van der Waals surface area contributed by atoms with Crippen LogP contribution in [0.25, 0.3) is 11.1 Å². The number of hydrogen-bond donors (Lipinski definition) is 2. The molecule has 0 bridgehead atoms. The number of oxazole rings is 1. The van der Waals surface area contributed by atoms with Gasteiger partial charge in [-0.25, -0.2) is 9.78 Å². The van der Waals surface area contributed by atoms with Crippen molar-refractivity contribution in [3.63, 3.8) is 0 Å². The number of aromatic nitrogens is 2. The summed E-state index contributed by atoms with van der Waals surface area (Å²) in [5.74, 6) is -2.82. The van der Waals surface area contributed by atoms with Crippen LogP contribution >= 0.6 is 0 Å². The van der Waals surface area contributed by atoms with E-state index in [1.54, 1.807) is 23.1 Å². The molecule has 1 aliphatic rings. The Morgan fingerprint density at radius 3 is 2.44 bits per heavy atom. The SMILES string of the molecule is CC1CCCN(c2nc(C(F)(F)F)c(C(=O)Nc3ccc(-c4ccc(C(=O)O)nc4)cc3)o2)C1. The van der Waals surface area contributed by atoms with E-state index in [2.05, 4.69) is 15.3 Å². The Kier molecular flexibility index (Phi) is 6.27. The number of alkyl halides is 3. The fourth-order valence-electron chi connectivity index (χ4n) is 3.78. The molecule has 34 heavy (non-hydrogen) atoms. The largest absolute Gasteiger partial charge is 0.477 e. The van der Waals surface area contributed by atoms with E-state index in [4.69, 9.17) is 9.52 Å². The van der Waals surface area contributed by atoms with Gasteiger partial charge in [0.1, 0.15) is 5.69 Å². The van der Waals surface area contributed by atoms with Crippen molar-refractivity contribution in [1.82, 2.24) is 9.97 Å². The molecule has 1 atom stereocenters. The third kappa shape index (κ3) is 5.03. The van der Waals surface area contributed by atoms with Crippen molar-refractivity contribution < 1.29 is 32.3 Å². The number of hydrogen-bond acceptors (Lipinski definition) is 6. The fourth-order valence-corrected chi connectivity index (χ4v) is 3.78. The number of benzene rings is 1. The van der Waals surface area contributed by atoms with Crippen molar-refractivity contribution in [3.05, 3.63) is 59.7 Å². The molecule has 1 aliphatic heterocycles. The van der Waals surface area contributed by atoms with Gasteiger partial charge in [0.25, 0.3) is 11.9 Å². The zero-order valence-electron chi connectivity index (χ0n) is 18.1. The van der Waals surface area contributed by atoms with Gasteiger partial charge in [0.15, 0.2) is 5.69 Å². The lowest BCUT2D eigenvalue weighted by atomic mass is 10.0. The first kappa shape index (κ1) is 23.3. The predicted molar refractivity (Wildman–Crippen MR) is 117 cm³/mol. The van der Waals surface area contributed by atoms with Gasteiger partial charge in [-0.15, -0.1) is 0 Å². The smallest absolute Gasteiger partial charge is 0.437 e. The first-order valence-corrected chi connectivity index (χ1v) is 10.6. The minimum absolute atomic E-state index is 0.0986. The molecule has 1 amide bonds. The highest BCUT2D eigenvalue weighted by atomic mass is 19.4. The number of nitrogens with zero attached hydrogens (tertiary/aromatic N) is 3. The monoisotopic (exact) mass is 474 g/mol. The standard InChI is InChI=1S/C23H21F3N4O4/c1-13-3-2-10-30(12-13)22-29-19(23(24,25)26)18(34-22)20(31)28-16-7-4-14(5-8-16)15-6-9-17(21(32)33)27-11-15/h4-9,11,13H,2-3,10,12H2,1H3,(H,28,31)(H,32,33). The van der Waals surface area contributed by atoms with Crippen LogP contribution in [0.2, 0.25) is 0 Å². The summed E-state index contributed by atoms with van der Waals surface area (Å²) < 4.78 is 46.0. The number of carbonyl (C=O) groups excluding carboxylic acids is 1. The lowest BCUT2D eigenvalue weighted by Gasteiger charge is -2.29. The number of anilines is 2. The number of pyridine rings is 1. The Hall–Kier alpha value is -3.89. The van der Waals surface area contributed by atoms with E-state index in [1.165, 1.54) is 24.4 Å². The first-order chi connectivity index (χ1) is 16.1. The van der Waals surface area contributed by atoms with Crippen LogP contribution in [0.4, 0.5) is 24.9 Å². The van der Waals surface area contributed by atoms with Crippen molar-refractivity contribution >= 4 is 23.6 Å². The first-order valence-electron chi connectivity index (χ1n) is 10.6. The fraction of sp³-hybridized carbons (Fsp3) is 0.304. The molecule has 0 radical (unpaired) electrons. The molecular weight excluding hydrogens is 453 g/mol.